The molecule has 0 amide bonds. The molecule has 1 nitrogen and oxygen atoms in total. The number of ether oxygens (including phenoxy) is 1. The minimum atomic E-state index is 0.861. The molecule has 2 aromatic carbocycles. The second kappa shape index (κ2) is 4.23. The summed E-state index contributed by atoms with van der Waals surface area (Å²) >= 11 is 3.50. The average molecular weight is 265 g/mol. The molecule has 2 heteroatoms. The van der Waals surface area contributed by atoms with Crippen molar-refractivity contribution >= 4 is 26.7 Å². The van der Waals surface area contributed by atoms with Crippen molar-refractivity contribution < 1.29 is 4.74 Å². The van der Waals surface area contributed by atoms with E-state index in [1.165, 1.54) is 21.9 Å². The highest BCUT2D eigenvalue weighted by molar-refractivity contribution is 9.08. The molecule has 2 rings (SSSR count). The lowest BCUT2D eigenvalue weighted by molar-refractivity contribution is 0.419. The number of halogens is 1. The number of rotatable bonds is 2. The molecule has 0 aromatic heterocycles. The van der Waals surface area contributed by atoms with Crippen molar-refractivity contribution in [2.24, 2.45) is 0 Å². The van der Waals surface area contributed by atoms with Crippen molar-refractivity contribution in [2.75, 3.05) is 7.11 Å². The Morgan fingerprint density at radius 2 is 1.87 bits per heavy atom. The highest BCUT2D eigenvalue weighted by Crippen LogP contribution is 2.31. The first-order valence-electron chi connectivity index (χ1n) is 4.89. The van der Waals surface area contributed by atoms with Crippen LogP contribution < -0.4 is 4.74 Å². The van der Waals surface area contributed by atoms with Crippen LogP contribution in [0.5, 0.6) is 5.75 Å². The number of fused-ring (bicyclic) bond motifs is 1. The first-order valence-corrected chi connectivity index (χ1v) is 6.01. The lowest BCUT2D eigenvalue weighted by Gasteiger charge is -2.11. The molecule has 2 aromatic rings. The molecule has 0 spiro atoms. The van der Waals surface area contributed by atoms with E-state index in [9.17, 15) is 0 Å². The lowest BCUT2D eigenvalue weighted by atomic mass is 10.0. The van der Waals surface area contributed by atoms with Crippen LogP contribution in [0.4, 0.5) is 0 Å². The summed E-state index contributed by atoms with van der Waals surface area (Å²) < 4.78 is 5.40. The maximum atomic E-state index is 5.40. The molecular formula is C13H13BrO. The predicted octanol–water partition coefficient (Wildman–Crippen LogP) is 4.05. The molecule has 0 bridgehead atoms. The minimum Gasteiger partial charge on any atom is -0.496 e. The van der Waals surface area contributed by atoms with Crippen LogP contribution in [0.25, 0.3) is 10.8 Å². The molecular weight excluding hydrogens is 252 g/mol. The molecule has 0 radical (unpaired) electrons. The van der Waals surface area contributed by atoms with Crippen molar-refractivity contribution in [1.82, 2.24) is 0 Å². The molecule has 0 heterocycles. The highest BCUT2D eigenvalue weighted by atomic mass is 79.9. The zero-order chi connectivity index (χ0) is 10.8. The monoisotopic (exact) mass is 264 g/mol. The van der Waals surface area contributed by atoms with E-state index in [2.05, 4.69) is 47.1 Å². The molecule has 0 atom stereocenters. The summed E-state index contributed by atoms with van der Waals surface area (Å²) in [5.41, 5.74) is 2.61. The number of hydrogen-bond donors (Lipinski definition) is 0. The Morgan fingerprint density at radius 3 is 2.47 bits per heavy atom. The number of alkyl halides is 1. The highest BCUT2D eigenvalue weighted by Gasteiger charge is 2.07. The first kappa shape index (κ1) is 10.5. The van der Waals surface area contributed by atoms with Crippen LogP contribution in [0.15, 0.2) is 30.3 Å². The van der Waals surface area contributed by atoms with Crippen LogP contribution in [0.2, 0.25) is 0 Å². The quantitative estimate of drug-likeness (QED) is 0.744. The van der Waals surface area contributed by atoms with Gasteiger partial charge in [-0.25, -0.2) is 0 Å². The van der Waals surface area contributed by atoms with Crippen LogP contribution in [-0.4, -0.2) is 7.11 Å². The van der Waals surface area contributed by atoms with E-state index >= 15 is 0 Å². The maximum absolute atomic E-state index is 5.40. The molecule has 0 saturated carbocycles. The van der Waals surface area contributed by atoms with Crippen molar-refractivity contribution in [3.8, 4) is 5.75 Å². The standard InChI is InChI=1S/C13H13BrO/c1-9-10(8-14)7-13(15-2)12-6-4-3-5-11(9)12/h3-7H,8H2,1-2H3. The Labute approximate surface area is 98.2 Å². The Balaban J connectivity index is 2.84. The van der Waals surface area contributed by atoms with E-state index in [4.69, 9.17) is 4.74 Å². The van der Waals surface area contributed by atoms with Gasteiger partial charge in [0.25, 0.3) is 0 Å². The first-order chi connectivity index (χ1) is 7.27. The van der Waals surface area contributed by atoms with E-state index < -0.39 is 0 Å². The summed E-state index contributed by atoms with van der Waals surface area (Å²) in [4.78, 5) is 0. The number of aryl methyl sites for hydroxylation is 1. The van der Waals surface area contributed by atoms with Gasteiger partial charge >= 0.3 is 0 Å². The van der Waals surface area contributed by atoms with Gasteiger partial charge in [-0.3, -0.25) is 0 Å². The van der Waals surface area contributed by atoms with Crippen LogP contribution in [0, 0.1) is 6.92 Å². The molecule has 0 fully saturated rings. The zero-order valence-corrected chi connectivity index (χ0v) is 10.5. The van der Waals surface area contributed by atoms with Crippen LogP contribution >= 0.6 is 15.9 Å². The summed E-state index contributed by atoms with van der Waals surface area (Å²) in [5.74, 6) is 0.950. The van der Waals surface area contributed by atoms with E-state index in [0.29, 0.717) is 0 Å². The van der Waals surface area contributed by atoms with E-state index in [-0.39, 0.29) is 0 Å². The van der Waals surface area contributed by atoms with Gasteiger partial charge in [0.1, 0.15) is 5.75 Å². The molecule has 0 N–H and O–H groups in total. The summed E-state index contributed by atoms with van der Waals surface area (Å²) in [6, 6.07) is 10.4. The largest absolute Gasteiger partial charge is 0.496 e. The third-order valence-electron chi connectivity index (χ3n) is 2.75. The van der Waals surface area contributed by atoms with Crippen LogP contribution in [0.3, 0.4) is 0 Å². The molecule has 0 aliphatic carbocycles. The fourth-order valence-corrected chi connectivity index (χ4v) is 2.43. The van der Waals surface area contributed by atoms with Gasteiger partial charge in [0, 0.05) is 10.7 Å². The molecule has 0 saturated heterocycles. The van der Waals surface area contributed by atoms with Gasteiger partial charge in [0.15, 0.2) is 0 Å². The number of methoxy groups -OCH3 is 1. The van der Waals surface area contributed by atoms with Crippen LogP contribution in [-0.2, 0) is 5.33 Å². The third kappa shape index (κ3) is 1.74. The summed E-state index contributed by atoms with van der Waals surface area (Å²) in [6.07, 6.45) is 0. The van der Waals surface area contributed by atoms with Crippen molar-refractivity contribution in [2.45, 2.75) is 12.3 Å². The van der Waals surface area contributed by atoms with E-state index in [0.717, 1.165) is 11.1 Å². The Bertz CT molecular complexity index is 491. The fourth-order valence-electron chi connectivity index (χ4n) is 1.85. The normalized spacial score (nSPS) is 10.6. The number of benzene rings is 2. The average Bonchev–Trinajstić information content (AvgIpc) is 2.30. The van der Waals surface area contributed by atoms with Gasteiger partial charge in [-0.05, 0) is 29.5 Å². The van der Waals surface area contributed by atoms with Gasteiger partial charge in [-0.1, -0.05) is 40.2 Å². The maximum Gasteiger partial charge on any atom is 0.127 e. The molecule has 15 heavy (non-hydrogen) atoms. The van der Waals surface area contributed by atoms with Crippen molar-refractivity contribution in [1.29, 1.82) is 0 Å². The Hall–Kier alpha value is -1.02. The topological polar surface area (TPSA) is 9.23 Å². The predicted molar refractivity (Wildman–Crippen MR) is 67.9 cm³/mol. The van der Waals surface area contributed by atoms with Crippen molar-refractivity contribution in [3.05, 3.63) is 41.5 Å². The zero-order valence-electron chi connectivity index (χ0n) is 8.88. The number of hydrogen-bond acceptors (Lipinski definition) is 1. The lowest BCUT2D eigenvalue weighted by Crippen LogP contribution is -1.92. The summed E-state index contributed by atoms with van der Waals surface area (Å²) in [6.45, 7) is 2.15. The second-order valence-corrected chi connectivity index (χ2v) is 4.10. The fraction of sp³-hybridized carbons (Fsp3) is 0.231. The van der Waals surface area contributed by atoms with Gasteiger partial charge < -0.3 is 4.74 Å². The van der Waals surface area contributed by atoms with Crippen molar-refractivity contribution in [3.63, 3.8) is 0 Å². The summed E-state index contributed by atoms with van der Waals surface area (Å²) in [5, 5.41) is 3.31. The van der Waals surface area contributed by atoms with Gasteiger partial charge in [-0.2, -0.15) is 0 Å². The molecule has 78 valence electrons. The van der Waals surface area contributed by atoms with E-state index in [1.807, 2.05) is 6.07 Å². The second-order valence-electron chi connectivity index (χ2n) is 3.54. The van der Waals surface area contributed by atoms with Gasteiger partial charge in [-0.15, -0.1) is 0 Å². The van der Waals surface area contributed by atoms with Crippen LogP contribution in [0.1, 0.15) is 11.1 Å². The molecule has 0 unspecified atom stereocenters. The third-order valence-corrected chi connectivity index (χ3v) is 3.35. The van der Waals surface area contributed by atoms with Gasteiger partial charge in [0.05, 0.1) is 7.11 Å². The SMILES string of the molecule is COc1cc(CBr)c(C)c2ccccc12. The Morgan fingerprint density at radius 1 is 1.20 bits per heavy atom. The molecule has 0 aliphatic heterocycles. The van der Waals surface area contributed by atoms with Gasteiger partial charge in [0.2, 0.25) is 0 Å². The smallest absolute Gasteiger partial charge is 0.127 e. The van der Waals surface area contributed by atoms with E-state index in [1.54, 1.807) is 7.11 Å². The Kier molecular flexibility index (Phi) is 2.96. The minimum absolute atomic E-state index is 0.861. The summed E-state index contributed by atoms with van der Waals surface area (Å²) in [7, 11) is 1.72. The molecule has 0 aliphatic rings.